The highest BCUT2D eigenvalue weighted by atomic mass is 35.5. The summed E-state index contributed by atoms with van der Waals surface area (Å²) in [6.07, 6.45) is 4.90. The van der Waals surface area contributed by atoms with Gasteiger partial charge in [0.05, 0.1) is 0 Å². The number of nitrogens with one attached hydrogen (secondary N) is 1. The van der Waals surface area contributed by atoms with Crippen LogP contribution in [-0.4, -0.2) is 32.4 Å². The standard InChI is InChI=1S/C17H25ClN2O/c1-20(2)16-9-7-13(8-10-16)17(21)19-12-15-6-4-3-5-14(15)11-18/h7-10,14-15H,3-6,11-12H2,1-2H3,(H,19,21). The first kappa shape index (κ1) is 16.2. The number of nitrogens with zero attached hydrogens (tertiary/aromatic N) is 1. The molecule has 1 N–H and O–H groups in total. The molecule has 21 heavy (non-hydrogen) atoms. The summed E-state index contributed by atoms with van der Waals surface area (Å²) in [7, 11) is 3.98. The summed E-state index contributed by atoms with van der Waals surface area (Å²) in [5, 5.41) is 3.07. The van der Waals surface area contributed by atoms with Crippen molar-refractivity contribution in [2.24, 2.45) is 11.8 Å². The van der Waals surface area contributed by atoms with Crippen LogP contribution in [0.5, 0.6) is 0 Å². The van der Waals surface area contributed by atoms with E-state index in [-0.39, 0.29) is 5.91 Å². The first-order valence-corrected chi connectivity index (χ1v) is 8.27. The second-order valence-corrected chi connectivity index (χ2v) is 6.42. The molecule has 116 valence electrons. The predicted molar refractivity (Wildman–Crippen MR) is 89.3 cm³/mol. The third-order valence-electron chi connectivity index (χ3n) is 4.44. The van der Waals surface area contributed by atoms with Gasteiger partial charge in [-0.25, -0.2) is 0 Å². The van der Waals surface area contributed by atoms with Crippen molar-refractivity contribution in [3.63, 3.8) is 0 Å². The van der Waals surface area contributed by atoms with E-state index in [0.29, 0.717) is 17.7 Å². The number of carbonyl (C=O) groups is 1. The largest absolute Gasteiger partial charge is 0.378 e. The number of amides is 1. The Kier molecular flexibility index (Phi) is 5.92. The second-order valence-electron chi connectivity index (χ2n) is 6.11. The van der Waals surface area contributed by atoms with E-state index in [0.717, 1.165) is 17.8 Å². The molecule has 0 aromatic heterocycles. The smallest absolute Gasteiger partial charge is 0.251 e. The molecule has 1 fully saturated rings. The van der Waals surface area contributed by atoms with Gasteiger partial charge in [-0.05, 0) is 48.9 Å². The van der Waals surface area contributed by atoms with Crippen molar-refractivity contribution in [1.29, 1.82) is 0 Å². The maximum absolute atomic E-state index is 12.2. The molecule has 0 saturated heterocycles. The van der Waals surface area contributed by atoms with E-state index in [1.54, 1.807) is 0 Å². The van der Waals surface area contributed by atoms with Gasteiger partial charge in [0.25, 0.3) is 5.91 Å². The lowest BCUT2D eigenvalue weighted by Gasteiger charge is -2.30. The lowest BCUT2D eigenvalue weighted by atomic mass is 9.80. The van der Waals surface area contributed by atoms with Gasteiger partial charge in [-0.15, -0.1) is 11.6 Å². The molecule has 3 nitrogen and oxygen atoms in total. The van der Waals surface area contributed by atoms with E-state index in [4.69, 9.17) is 11.6 Å². The normalized spacial score (nSPS) is 21.9. The summed E-state index contributed by atoms with van der Waals surface area (Å²) in [6, 6.07) is 7.70. The average Bonchev–Trinajstić information content (AvgIpc) is 2.52. The number of alkyl halides is 1. The van der Waals surface area contributed by atoms with Gasteiger partial charge in [-0.2, -0.15) is 0 Å². The molecule has 0 bridgehead atoms. The highest BCUT2D eigenvalue weighted by molar-refractivity contribution is 6.18. The lowest BCUT2D eigenvalue weighted by Crippen LogP contribution is -2.34. The molecule has 4 heteroatoms. The van der Waals surface area contributed by atoms with E-state index in [1.165, 1.54) is 25.7 Å². The number of benzene rings is 1. The van der Waals surface area contributed by atoms with E-state index in [1.807, 2.05) is 43.3 Å². The number of anilines is 1. The minimum absolute atomic E-state index is 0.0132. The summed E-state index contributed by atoms with van der Waals surface area (Å²) in [4.78, 5) is 14.2. The number of halogens is 1. The van der Waals surface area contributed by atoms with Crippen LogP contribution in [0.4, 0.5) is 5.69 Å². The van der Waals surface area contributed by atoms with Gasteiger partial charge in [-0.1, -0.05) is 12.8 Å². The molecular weight excluding hydrogens is 284 g/mol. The Hall–Kier alpha value is -1.22. The summed E-state index contributed by atoms with van der Waals surface area (Å²) in [5.41, 5.74) is 1.82. The van der Waals surface area contributed by atoms with E-state index >= 15 is 0 Å². The zero-order valence-corrected chi connectivity index (χ0v) is 13.7. The van der Waals surface area contributed by atoms with E-state index < -0.39 is 0 Å². The Bertz CT molecular complexity index is 458. The SMILES string of the molecule is CN(C)c1ccc(C(=O)NCC2CCCCC2CCl)cc1. The van der Waals surface area contributed by atoms with Crippen LogP contribution in [0.3, 0.4) is 0 Å². The van der Waals surface area contributed by atoms with Crippen molar-refractivity contribution in [2.75, 3.05) is 31.4 Å². The van der Waals surface area contributed by atoms with Crippen LogP contribution in [0.15, 0.2) is 24.3 Å². The Morgan fingerprint density at radius 3 is 2.38 bits per heavy atom. The summed E-state index contributed by atoms with van der Waals surface area (Å²) >= 11 is 6.04. The van der Waals surface area contributed by atoms with Gasteiger partial charge in [0, 0.05) is 37.8 Å². The van der Waals surface area contributed by atoms with Crippen LogP contribution in [0, 0.1) is 11.8 Å². The second kappa shape index (κ2) is 7.69. The third kappa shape index (κ3) is 4.37. The molecule has 1 aliphatic carbocycles. The molecule has 2 atom stereocenters. The number of carbonyl (C=O) groups excluding carboxylic acids is 1. The molecule has 1 saturated carbocycles. The van der Waals surface area contributed by atoms with Crippen molar-refractivity contribution in [1.82, 2.24) is 5.32 Å². The molecule has 2 unspecified atom stereocenters. The van der Waals surface area contributed by atoms with Crippen LogP contribution < -0.4 is 10.2 Å². The molecule has 1 amide bonds. The Labute approximate surface area is 132 Å². The van der Waals surface area contributed by atoms with Crippen LogP contribution in [-0.2, 0) is 0 Å². The zero-order valence-electron chi connectivity index (χ0n) is 12.9. The minimum Gasteiger partial charge on any atom is -0.378 e. The molecule has 1 aliphatic rings. The topological polar surface area (TPSA) is 32.3 Å². The molecule has 0 radical (unpaired) electrons. The van der Waals surface area contributed by atoms with Gasteiger partial charge < -0.3 is 10.2 Å². The lowest BCUT2D eigenvalue weighted by molar-refractivity contribution is 0.0936. The highest BCUT2D eigenvalue weighted by Crippen LogP contribution is 2.30. The molecule has 0 aliphatic heterocycles. The highest BCUT2D eigenvalue weighted by Gasteiger charge is 2.24. The van der Waals surface area contributed by atoms with Crippen LogP contribution in [0.2, 0.25) is 0 Å². The number of rotatable bonds is 5. The van der Waals surface area contributed by atoms with E-state index in [2.05, 4.69) is 5.32 Å². The first-order chi connectivity index (χ1) is 10.1. The van der Waals surface area contributed by atoms with Crippen LogP contribution >= 0.6 is 11.6 Å². The molecule has 0 heterocycles. The quantitative estimate of drug-likeness (QED) is 0.844. The number of hydrogen-bond donors (Lipinski definition) is 1. The van der Waals surface area contributed by atoms with Crippen LogP contribution in [0.25, 0.3) is 0 Å². The molecule has 1 aromatic carbocycles. The van der Waals surface area contributed by atoms with Gasteiger partial charge >= 0.3 is 0 Å². The maximum atomic E-state index is 12.2. The Morgan fingerprint density at radius 2 is 1.81 bits per heavy atom. The Balaban J connectivity index is 1.89. The molecule has 2 rings (SSSR count). The predicted octanol–water partition coefficient (Wildman–Crippen LogP) is 3.53. The molecule has 1 aromatic rings. The fourth-order valence-corrected chi connectivity index (χ4v) is 3.40. The minimum atomic E-state index is 0.0132. The van der Waals surface area contributed by atoms with Crippen LogP contribution in [0.1, 0.15) is 36.0 Å². The van der Waals surface area contributed by atoms with E-state index in [9.17, 15) is 4.79 Å². The maximum Gasteiger partial charge on any atom is 0.251 e. The first-order valence-electron chi connectivity index (χ1n) is 7.73. The molecular formula is C17H25ClN2O. The van der Waals surface area contributed by atoms with Gasteiger partial charge in [0.1, 0.15) is 0 Å². The van der Waals surface area contributed by atoms with Crippen molar-refractivity contribution < 1.29 is 4.79 Å². The monoisotopic (exact) mass is 308 g/mol. The number of hydrogen-bond acceptors (Lipinski definition) is 2. The van der Waals surface area contributed by atoms with Crippen molar-refractivity contribution in [3.8, 4) is 0 Å². The van der Waals surface area contributed by atoms with Crippen molar-refractivity contribution >= 4 is 23.2 Å². The zero-order chi connectivity index (χ0) is 15.2. The van der Waals surface area contributed by atoms with Crippen molar-refractivity contribution in [2.45, 2.75) is 25.7 Å². The van der Waals surface area contributed by atoms with Crippen molar-refractivity contribution in [3.05, 3.63) is 29.8 Å². The van der Waals surface area contributed by atoms with Gasteiger partial charge in [0.15, 0.2) is 0 Å². The average molecular weight is 309 g/mol. The third-order valence-corrected chi connectivity index (χ3v) is 4.83. The fourth-order valence-electron chi connectivity index (χ4n) is 2.99. The summed E-state index contributed by atoms with van der Waals surface area (Å²) in [5.74, 6) is 1.80. The summed E-state index contributed by atoms with van der Waals surface area (Å²) < 4.78 is 0. The Morgan fingerprint density at radius 1 is 1.19 bits per heavy atom. The summed E-state index contributed by atoms with van der Waals surface area (Å²) in [6.45, 7) is 0.742. The van der Waals surface area contributed by atoms with Gasteiger partial charge in [0.2, 0.25) is 0 Å². The molecule has 0 spiro atoms. The fraction of sp³-hybridized carbons (Fsp3) is 0.588. The van der Waals surface area contributed by atoms with Gasteiger partial charge in [-0.3, -0.25) is 4.79 Å².